The van der Waals surface area contributed by atoms with Crippen molar-refractivity contribution in [1.29, 1.82) is 0 Å². The molecule has 0 bridgehead atoms. The maximum atomic E-state index is 12.1. The van der Waals surface area contributed by atoms with Gasteiger partial charge in [0.15, 0.2) is 6.61 Å². The van der Waals surface area contributed by atoms with Crippen LogP contribution in [0.1, 0.15) is 28.9 Å². The van der Waals surface area contributed by atoms with Gasteiger partial charge in [-0.2, -0.15) is 0 Å². The molecule has 1 N–H and O–H groups in total. The standard InChI is InChI=1S/C18H18ClNO3S/c1-12(13-7-9-14(19)10-8-13)20-17(21)11-23-18(22)15-5-3-4-6-16(15)24-2/h3-10,12H,11H2,1-2H3,(H,20,21)/t12-/m0/s1. The molecule has 2 aromatic carbocycles. The van der Waals surface area contributed by atoms with Crippen LogP contribution >= 0.6 is 23.4 Å². The molecule has 0 fully saturated rings. The van der Waals surface area contributed by atoms with E-state index in [0.717, 1.165) is 10.5 Å². The van der Waals surface area contributed by atoms with E-state index < -0.39 is 5.97 Å². The molecule has 1 amide bonds. The minimum Gasteiger partial charge on any atom is -0.452 e. The zero-order valence-electron chi connectivity index (χ0n) is 13.4. The van der Waals surface area contributed by atoms with Crippen LogP contribution in [0, 0.1) is 0 Å². The average molecular weight is 364 g/mol. The van der Waals surface area contributed by atoms with E-state index in [0.29, 0.717) is 10.6 Å². The van der Waals surface area contributed by atoms with Crippen molar-refractivity contribution in [2.45, 2.75) is 17.9 Å². The number of rotatable bonds is 6. The predicted molar refractivity (Wildman–Crippen MR) is 96.5 cm³/mol. The van der Waals surface area contributed by atoms with Gasteiger partial charge < -0.3 is 10.1 Å². The third-order valence-electron chi connectivity index (χ3n) is 3.41. The third kappa shape index (κ3) is 5.01. The minimum absolute atomic E-state index is 0.202. The van der Waals surface area contributed by atoms with Crippen LogP contribution in [-0.2, 0) is 9.53 Å². The first-order valence-electron chi connectivity index (χ1n) is 7.36. The maximum Gasteiger partial charge on any atom is 0.339 e. The molecule has 126 valence electrons. The fourth-order valence-electron chi connectivity index (χ4n) is 2.14. The molecular formula is C18H18ClNO3S. The van der Waals surface area contributed by atoms with Gasteiger partial charge >= 0.3 is 5.97 Å². The lowest BCUT2D eigenvalue weighted by Crippen LogP contribution is -2.31. The van der Waals surface area contributed by atoms with Gasteiger partial charge in [0.25, 0.3) is 5.91 Å². The number of ether oxygens (including phenoxy) is 1. The fraction of sp³-hybridized carbons (Fsp3) is 0.222. The largest absolute Gasteiger partial charge is 0.452 e. The van der Waals surface area contributed by atoms with E-state index in [9.17, 15) is 9.59 Å². The zero-order valence-corrected chi connectivity index (χ0v) is 15.0. The molecule has 24 heavy (non-hydrogen) atoms. The molecule has 0 aliphatic rings. The quantitative estimate of drug-likeness (QED) is 0.620. The van der Waals surface area contributed by atoms with E-state index in [-0.39, 0.29) is 18.6 Å². The molecule has 0 unspecified atom stereocenters. The van der Waals surface area contributed by atoms with Crippen molar-refractivity contribution in [2.75, 3.05) is 12.9 Å². The first kappa shape index (κ1) is 18.4. The lowest BCUT2D eigenvalue weighted by molar-refractivity contribution is -0.124. The molecule has 0 aromatic heterocycles. The molecule has 0 radical (unpaired) electrons. The Balaban J connectivity index is 1.88. The number of halogens is 1. The lowest BCUT2D eigenvalue weighted by Gasteiger charge is -2.14. The monoisotopic (exact) mass is 363 g/mol. The van der Waals surface area contributed by atoms with E-state index >= 15 is 0 Å². The molecule has 0 aliphatic carbocycles. The SMILES string of the molecule is CSc1ccccc1C(=O)OCC(=O)N[C@@H](C)c1ccc(Cl)cc1. The Morgan fingerprint density at radius 2 is 1.83 bits per heavy atom. The van der Waals surface area contributed by atoms with Crippen LogP contribution in [0.5, 0.6) is 0 Å². The number of thioether (sulfide) groups is 1. The molecule has 0 saturated heterocycles. The molecule has 0 saturated carbocycles. The second-order valence-electron chi connectivity index (χ2n) is 5.12. The fourth-order valence-corrected chi connectivity index (χ4v) is 2.85. The topological polar surface area (TPSA) is 55.4 Å². The van der Waals surface area contributed by atoms with Gasteiger partial charge in [-0.3, -0.25) is 4.79 Å². The number of benzene rings is 2. The Morgan fingerprint density at radius 3 is 2.50 bits per heavy atom. The first-order chi connectivity index (χ1) is 11.5. The van der Waals surface area contributed by atoms with Gasteiger partial charge in [-0.25, -0.2) is 4.79 Å². The van der Waals surface area contributed by atoms with E-state index in [1.165, 1.54) is 11.8 Å². The summed E-state index contributed by atoms with van der Waals surface area (Å²) in [4.78, 5) is 24.9. The Hall–Kier alpha value is -1.98. The summed E-state index contributed by atoms with van der Waals surface area (Å²) in [5.41, 5.74) is 1.38. The van der Waals surface area contributed by atoms with Gasteiger partial charge in [0.2, 0.25) is 0 Å². The van der Waals surface area contributed by atoms with E-state index in [1.807, 2.05) is 37.4 Å². The van der Waals surface area contributed by atoms with Crippen molar-refractivity contribution in [3.63, 3.8) is 0 Å². The van der Waals surface area contributed by atoms with E-state index in [1.54, 1.807) is 24.3 Å². The average Bonchev–Trinajstić information content (AvgIpc) is 2.60. The summed E-state index contributed by atoms with van der Waals surface area (Å²) in [6.45, 7) is 1.53. The van der Waals surface area contributed by atoms with Crippen molar-refractivity contribution in [2.24, 2.45) is 0 Å². The van der Waals surface area contributed by atoms with Crippen LogP contribution < -0.4 is 5.32 Å². The third-order valence-corrected chi connectivity index (χ3v) is 4.46. The van der Waals surface area contributed by atoms with Crippen LogP contribution in [0.4, 0.5) is 0 Å². The predicted octanol–water partition coefficient (Wildman–Crippen LogP) is 4.10. The molecule has 0 heterocycles. The number of esters is 1. The number of amides is 1. The number of hydrogen-bond acceptors (Lipinski definition) is 4. The summed E-state index contributed by atoms with van der Waals surface area (Å²) < 4.78 is 5.10. The molecule has 6 heteroatoms. The van der Waals surface area contributed by atoms with Crippen LogP contribution in [-0.4, -0.2) is 24.7 Å². The van der Waals surface area contributed by atoms with Crippen molar-refractivity contribution < 1.29 is 14.3 Å². The number of nitrogens with one attached hydrogen (secondary N) is 1. The highest BCUT2D eigenvalue weighted by atomic mass is 35.5. The summed E-state index contributed by atoms with van der Waals surface area (Å²) in [6, 6.07) is 14.1. The molecule has 0 spiro atoms. The number of carbonyl (C=O) groups excluding carboxylic acids is 2. The molecular weight excluding hydrogens is 346 g/mol. The Labute approximate surface area is 150 Å². The zero-order chi connectivity index (χ0) is 17.5. The summed E-state index contributed by atoms with van der Waals surface area (Å²) in [6.07, 6.45) is 1.88. The Kier molecular flexibility index (Phi) is 6.70. The highest BCUT2D eigenvalue weighted by Crippen LogP contribution is 2.20. The molecule has 4 nitrogen and oxygen atoms in total. The molecule has 0 aliphatic heterocycles. The van der Waals surface area contributed by atoms with Crippen LogP contribution in [0.2, 0.25) is 5.02 Å². The van der Waals surface area contributed by atoms with Gasteiger partial charge in [0, 0.05) is 9.92 Å². The minimum atomic E-state index is -0.505. The molecule has 2 rings (SSSR count). The van der Waals surface area contributed by atoms with Crippen LogP contribution in [0.15, 0.2) is 53.4 Å². The lowest BCUT2D eigenvalue weighted by atomic mass is 10.1. The summed E-state index contributed by atoms with van der Waals surface area (Å²) in [5.74, 6) is -0.860. The highest BCUT2D eigenvalue weighted by Gasteiger charge is 2.15. The van der Waals surface area contributed by atoms with E-state index in [2.05, 4.69) is 5.32 Å². The second kappa shape index (κ2) is 8.76. The Morgan fingerprint density at radius 1 is 1.17 bits per heavy atom. The molecule has 2 aromatic rings. The van der Waals surface area contributed by atoms with Crippen molar-refractivity contribution in [3.05, 3.63) is 64.7 Å². The summed E-state index contributed by atoms with van der Waals surface area (Å²) in [5, 5.41) is 3.42. The van der Waals surface area contributed by atoms with Crippen LogP contribution in [0.3, 0.4) is 0 Å². The van der Waals surface area contributed by atoms with Crippen LogP contribution in [0.25, 0.3) is 0 Å². The summed E-state index contributed by atoms with van der Waals surface area (Å²) >= 11 is 7.30. The van der Waals surface area contributed by atoms with Crippen molar-refractivity contribution >= 4 is 35.2 Å². The van der Waals surface area contributed by atoms with Gasteiger partial charge in [-0.1, -0.05) is 35.9 Å². The highest BCUT2D eigenvalue weighted by molar-refractivity contribution is 7.98. The van der Waals surface area contributed by atoms with Gasteiger partial charge in [-0.05, 0) is 43.0 Å². The van der Waals surface area contributed by atoms with Crippen molar-refractivity contribution in [3.8, 4) is 0 Å². The smallest absolute Gasteiger partial charge is 0.339 e. The van der Waals surface area contributed by atoms with Gasteiger partial charge in [0.1, 0.15) is 0 Å². The number of hydrogen-bond donors (Lipinski definition) is 1. The molecule has 1 atom stereocenters. The van der Waals surface area contributed by atoms with E-state index in [4.69, 9.17) is 16.3 Å². The van der Waals surface area contributed by atoms with Crippen molar-refractivity contribution in [1.82, 2.24) is 5.32 Å². The van der Waals surface area contributed by atoms with Gasteiger partial charge in [0.05, 0.1) is 11.6 Å². The normalized spacial score (nSPS) is 11.6. The summed E-state index contributed by atoms with van der Waals surface area (Å²) in [7, 11) is 0. The second-order valence-corrected chi connectivity index (χ2v) is 6.40. The first-order valence-corrected chi connectivity index (χ1v) is 8.96. The van der Waals surface area contributed by atoms with Gasteiger partial charge in [-0.15, -0.1) is 11.8 Å². The number of carbonyl (C=O) groups is 2. The maximum absolute atomic E-state index is 12.1. The Bertz CT molecular complexity index is 718.